The van der Waals surface area contributed by atoms with Gasteiger partial charge in [0.2, 0.25) is 0 Å². The maximum Gasteiger partial charge on any atom is 0.0702 e. The van der Waals surface area contributed by atoms with E-state index in [-0.39, 0.29) is 0 Å². The zero-order chi connectivity index (χ0) is 14.5. The zero-order valence-electron chi connectivity index (χ0n) is 14.0. The molecule has 1 rings (SSSR count). The molecule has 2 heteroatoms. The molecule has 1 heterocycles. The zero-order valence-corrected chi connectivity index (χ0v) is 14.0. The summed E-state index contributed by atoms with van der Waals surface area (Å²) >= 11 is 0. The van der Waals surface area contributed by atoms with Crippen LogP contribution in [-0.2, 0) is 4.74 Å². The van der Waals surface area contributed by atoms with Crippen LogP contribution >= 0.6 is 0 Å². The number of ether oxygens (including phenoxy) is 1. The van der Waals surface area contributed by atoms with E-state index in [0.29, 0.717) is 6.10 Å². The van der Waals surface area contributed by atoms with E-state index >= 15 is 0 Å². The van der Waals surface area contributed by atoms with E-state index in [2.05, 4.69) is 18.7 Å². The van der Waals surface area contributed by atoms with E-state index in [1.807, 2.05) is 0 Å². The third-order valence-electron chi connectivity index (χ3n) is 4.43. The number of morpholine rings is 1. The molecule has 0 amide bonds. The second kappa shape index (κ2) is 12.6. The maximum absolute atomic E-state index is 5.92. The van der Waals surface area contributed by atoms with E-state index < -0.39 is 0 Å². The van der Waals surface area contributed by atoms with Gasteiger partial charge >= 0.3 is 0 Å². The molecule has 1 saturated heterocycles. The molecule has 0 saturated carbocycles. The Morgan fingerprint density at radius 2 is 1.50 bits per heavy atom. The highest BCUT2D eigenvalue weighted by atomic mass is 16.5. The van der Waals surface area contributed by atoms with E-state index in [1.54, 1.807) is 0 Å². The smallest absolute Gasteiger partial charge is 0.0702 e. The van der Waals surface area contributed by atoms with Crippen molar-refractivity contribution in [2.45, 2.75) is 90.6 Å². The van der Waals surface area contributed by atoms with Crippen molar-refractivity contribution in [1.29, 1.82) is 0 Å². The van der Waals surface area contributed by atoms with Gasteiger partial charge in [-0.05, 0) is 19.4 Å². The molecule has 0 aromatic carbocycles. The van der Waals surface area contributed by atoms with E-state index in [0.717, 1.165) is 13.2 Å². The Labute approximate surface area is 127 Å². The van der Waals surface area contributed by atoms with Crippen molar-refractivity contribution in [3.05, 3.63) is 0 Å². The van der Waals surface area contributed by atoms with E-state index in [4.69, 9.17) is 4.74 Å². The summed E-state index contributed by atoms with van der Waals surface area (Å²) in [5.41, 5.74) is 0. The average molecular weight is 283 g/mol. The molecular formula is C18H37NO. The maximum atomic E-state index is 5.92. The average Bonchev–Trinajstić information content (AvgIpc) is 2.48. The highest BCUT2D eigenvalue weighted by Gasteiger charge is 2.19. The highest BCUT2D eigenvalue weighted by Crippen LogP contribution is 2.15. The summed E-state index contributed by atoms with van der Waals surface area (Å²) < 4.78 is 5.92. The Hall–Kier alpha value is -0.0800. The minimum absolute atomic E-state index is 0.515. The molecule has 1 aliphatic rings. The highest BCUT2D eigenvalue weighted by molar-refractivity contribution is 4.71. The number of hydrogen-bond donors (Lipinski definition) is 0. The van der Waals surface area contributed by atoms with Gasteiger partial charge in [-0.1, -0.05) is 71.6 Å². The molecule has 120 valence electrons. The lowest BCUT2D eigenvalue weighted by Crippen LogP contribution is -2.42. The third-order valence-corrected chi connectivity index (χ3v) is 4.43. The molecule has 0 spiro atoms. The van der Waals surface area contributed by atoms with Crippen LogP contribution in [0.5, 0.6) is 0 Å². The van der Waals surface area contributed by atoms with Crippen LogP contribution in [0.1, 0.15) is 84.5 Å². The van der Waals surface area contributed by atoms with E-state index in [9.17, 15) is 0 Å². The first-order valence-corrected chi connectivity index (χ1v) is 9.20. The summed E-state index contributed by atoms with van der Waals surface area (Å²) in [4.78, 5) is 2.63. The van der Waals surface area contributed by atoms with Crippen molar-refractivity contribution in [1.82, 2.24) is 4.90 Å². The molecule has 0 aromatic rings. The topological polar surface area (TPSA) is 12.5 Å². The standard InChI is InChI=1S/C18H37NO/c1-3-5-7-9-10-11-13-18-17-19(15-16-20-18)14-12-8-6-4-2/h18H,3-17H2,1-2H3/t18-/m0/s1. The Balaban J connectivity index is 1.99. The van der Waals surface area contributed by atoms with Crippen molar-refractivity contribution in [3.8, 4) is 0 Å². The van der Waals surface area contributed by atoms with Gasteiger partial charge in [0.1, 0.15) is 0 Å². The van der Waals surface area contributed by atoms with Gasteiger partial charge in [0, 0.05) is 13.1 Å². The SMILES string of the molecule is CCCCCCCC[C@H]1CN(CCCCCC)CCO1. The second-order valence-electron chi connectivity index (χ2n) is 6.41. The van der Waals surface area contributed by atoms with Gasteiger partial charge in [-0.2, -0.15) is 0 Å². The molecule has 1 fully saturated rings. The first-order valence-electron chi connectivity index (χ1n) is 9.20. The van der Waals surface area contributed by atoms with Gasteiger partial charge in [-0.3, -0.25) is 4.90 Å². The summed E-state index contributed by atoms with van der Waals surface area (Å²) in [6, 6.07) is 0. The predicted octanol–water partition coefficient (Wildman–Crippen LogP) is 5.02. The number of rotatable bonds is 12. The molecule has 0 aromatic heterocycles. The number of unbranched alkanes of at least 4 members (excludes halogenated alkanes) is 8. The fraction of sp³-hybridized carbons (Fsp3) is 1.00. The Kier molecular flexibility index (Phi) is 11.4. The van der Waals surface area contributed by atoms with Crippen molar-refractivity contribution >= 4 is 0 Å². The monoisotopic (exact) mass is 283 g/mol. The number of hydrogen-bond acceptors (Lipinski definition) is 2. The molecule has 1 atom stereocenters. The first-order chi connectivity index (χ1) is 9.86. The Bertz CT molecular complexity index is 208. The van der Waals surface area contributed by atoms with Gasteiger partial charge < -0.3 is 4.74 Å². The Morgan fingerprint density at radius 3 is 2.25 bits per heavy atom. The van der Waals surface area contributed by atoms with Gasteiger partial charge in [0.25, 0.3) is 0 Å². The van der Waals surface area contributed by atoms with Crippen LogP contribution in [0.15, 0.2) is 0 Å². The lowest BCUT2D eigenvalue weighted by molar-refractivity contribution is -0.0333. The van der Waals surface area contributed by atoms with Gasteiger partial charge in [0.15, 0.2) is 0 Å². The van der Waals surface area contributed by atoms with Crippen molar-refractivity contribution in [2.24, 2.45) is 0 Å². The quantitative estimate of drug-likeness (QED) is 0.466. The van der Waals surface area contributed by atoms with Crippen LogP contribution in [0, 0.1) is 0 Å². The third kappa shape index (κ3) is 8.97. The first kappa shape index (κ1) is 18.0. The van der Waals surface area contributed by atoms with Crippen LogP contribution in [0.25, 0.3) is 0 Å². The van der Waals surface area contributed by atoms with Crippen LogP contribution < -0.4 is 0 Å². The van der Waals surface area contributed by atoms with Crippen LogP contribution in [0.2, 0.25) is 0 Å². The predicted molar refractivity (Wildman–Crippen MR) is 88.3 cm³/mol. The molecule has 0 aliphatic carbocycles. The van der Waals surface area contributed by atoms with Crippen molar-refractivity contribution in [2.75, 3.05) is 26.2 Å². The molecule has 20 heavy (non-hydrogen) atoms. The lowest BCUT2D eigenvalue weighted by atomic mass is 10.1. The second-order valence-corrected chi connectivity index (χ2v) is 6.41. The largest absolute Gasteiger partial charge is 0.376 e. The van der Waals surface area contributed by atoms with Gasteiger partial charge in [0.05, 0.1) is 12.7 Å². The minimum Gasteiger partial charge on any atom is -0.376 e. The molecule has 0 unspecified atom stereocenters. The molecule has 0 N–H and O–H groups in total. The summed E-state index contributed by atoms with van der Waals surface area (Å²) in [7, 11) is 0. The van der Waals surface area contributed by atoms with Crippen LogP contribution in [0.3, 0.4) is 0 Å². The minimum atomic E-state index is 0.515. The van der Waals surface area contributed by atoms with Crippen LogP contribution in [-0.4, -0.2) is 37.2 Å². The molecular weight excluding hydrogens is 246 g/mol. The van der Waals surface area contributed by atoms with Crippen molar-refractivity contribution < 1.29 is 4.74 Å². The normalized spacial score (nSPS) is 20.4. The molecule has 2 nitrogen and oxygen atoms in total. The Morgan fingerprint density at radius 1 is 0.850 bits per heavy atom. The number of nitrogens with zero attached hydrogens (tertiary/aromatic N) is 1. The van der Waals surface area contributed by atoms with E-state index in [1.165, 1.54) is 83.7 Å². The van der Waals surface area contributed by atoms with Crippen molar-refractivity contribution in [3.63, 3.8) is 0 Å². The molecule has 1 aliphatic heterocycles. The molecule has 0 radical (unpaired) electrons. The summed E-state index contributed by atoms with van der Waals surface area (Å²) in [6.45, 7) is 9.14. The fourth-order valence-electron chi connectivity index (χ4n) is 3.07. The van der Waals surface area contributed by atoms with Crippen LogP contribution in [0.4, 0.5) is 0 Å². The van der Waals surface area contributed by atoms with Gasteiger partial charge in [-0.15, -0.1) is 0 Å². The summed E-state index contributed by atoms with van der Waals surface area (Å²) in [5.74, 6) is 0. The summed E-state index contributed by atoms with van der Waals surface area (Å²) in [6.07, 6.45) is 15.6. The molecule has 0 bridgehead atoms. The summed E-state index contributed by atoms with van der Waals surface area (Å²) in [5, 5.41) is 0. The fourth-order valence-corrected chi connectivity index (χ4v) is 3.07. The lowest BCUT2D eigenvalue weighted by Gasteiger charge is -2.33. The van der Waals surface area contributed by atoms with Gasteiger partial charge in [-0.25, -0.2) is 0 Å².